The van der Waals surface area contributed by atoms with E-state index in [-0.39, 0.29) is 5.41 Å². The molecule has 2 aromatic rings. The van der Waals surface area contributed by atoms with Crippen molar-refractivity contribution in [1.29, 1.82) is 0 Å². The van der Waals surface area contributed by atoms with E-state index in [0.29, 0.717) is 0 Å². The highest BCUT2D eigenvalue weighted by atomic mass is 14.3. The van der Waals surface area contributed by atoms with Gasteiger partial charge in [-0.15, -0.1) is 0 Å². The fourth-order valence-electron chi connectivity index (χ4n) is 2.33. The van der Waals surface area contributed by atoms with Crippen molar-refractivity contribution in [2.24, 2.45) is 0 Å². The summed E-state index contributed by atoms with van der Waals surface area (Å²) in [6.45, 7) is 11.1. The monoisotopic (exact) mass is 238 g/mol. The van der Waals surface area contributed by atoms with Crippen LogP contribution in [-0.4, -0.2) is 0 Å². The van der Waals surface area contributed by atoms with E-state index < -0.39 is 0 Å². The average Bonchev–Trinajstić information content (AvgIpc) is 2.32. The van der Waals surface area contributed by atoms with Crippen molar-refractivity contribution in [3.05, 3.63) is 70.3 Å². The molecular formula is C18H22. The van der Waals surface area contributed by atoms with Crippen LogP contribution in [0.2, 0.25) is 0 Å². The summed E-state index contributed by atoms with van der Waals surface area (Å²) in [6, 6.07) is 15.6. The summed E-state index contributed by atoms with van der Waals surface area (Å²) in [5.74, 6) is 0. The molecule has 0 aliphatic heterocycles. The third-order valence-corrected chi connectivity index (χ3v) is 3.97. The molecule has 0 heteroatoms. The van der Waals surface area contributed by atoms with Gasteiger partial charge in [0.2, 0.25) is 0 Å². The van der Waals surface area contributed by atoms with Crippen LogP contribution >= 0.6 is 0 Å². The molecule has 0 fully saturated rings. The Morgan fingerprint density at radius 2 is 1.39 bits per heavy atom. The Morgan fingerprint density at radius 3 is 2.00 bits per heavy atom. The molecule has 0 amide bonds. The minimum atomic E-state index is 0.0600. The van der Waals surface area contributed by atoms with E-state index in [1.54, 1.807) is 0 Å². The second-order valence-electron chi connectivity index (χ2n) is 5.79. The summed E-state index contributed by atoms with van der Waals surface area (Å²) in [5, 5.41) is 0. The van der Waals surface area contributed by atoms with Crippen LogP contribution in [0, 0.1) is 20.8 Å². The summed E-state index contributed by atoms with van der Waals surface area (Å²) in [4.78, 5) is 0. The number of benzene rings is 2. The zero-order valence-electron chi connectivity index (χ0n) is 12.0. The van der Waals surface area contributed by atoms with Gasteiger partial charge in [-0.3, -0.25) is 0 Å². The first-order valence-corrected chi connectivity index (χ1v) is 6.56. The van der Waals surface area contributed by atoms with Crippen LogP contribution in [0.1, 0.15) is 41.7 Å². The minimum Gasteiger partial charge on any atom is -0.0617 e. The Labute approximate surface area is 111 Å². The third-order valence-electron chi connectivity index (χ3n) is 3.97. The topological polar surface area (TPSA) is 0 Å². The Bertz CT molecular complexity index is 562. The molecule has 18 heavy (non-hydrogen) atoms. The molecule has 0 aliphatic carbocycles. The zero-order valence-corrected chi connectivity index (χ0v) is 12.0. The first kappa shape index (κ1) is 12.9. The number of hydrogen-bond acceptors (Lipinski definition) is 0. The van der Waals surface area contributed by atoms with Crippen LogP contribution in [-0.2, 0) is 5.41 Å². The molecular weight excluding hydrogens is 216 g/mol. The molecule has 0 saturated carbocycles. The lowest BCUT2D eigenvalue weighted by atomic mass is 9.77. The maximum absolute atomic E-state index is 2.32. The molecule has 0 saturated heterocycles. The second-order valence-corrected chi connectivity index (χ2v) is 5.79. The van der Waals surface area contributed by atoms with Crippen LogP contribution in [0.3, 0.4) is 0 Å². The highest BCUT2D eigenvalue weighted by Crippen LogP contribution is 2.32. The van der Waals surface area contributed by atoms with Crippen LogP contribution < -0.4 is 0 Å². The highest BCUT2D eigenvalue weighted by Gasteiger charge is 2.23. The van der Waals surface area contributed by atoms with Crippen molar-refractivity contribution in [1.82, 2.24) is 0 Å². The van der Waals surface area contributed by atoms with E-state index in [4.69, 9.17) is 0 Å². The predicted molar refractivity (Wildman–Crippen MR) is 79.2 cm³/mol. The van der Waals surface area contributed by atoms with E-state index in [9.17, 15) is 0 Å². The molecule has 0 bridgehead atoms. The van der Waals surface area contributed by atoms with Gasteiger partial charge in [0, 0.05) is 5.41 Å². The van der Waals surface area contributed by atoms with Gasteiger partial charge in [0.25, 0.3) is 0 Å². The fraction of sp³-hybridized carbons (Fsp3) is 0.333. The van der Waals surface area contributed by atoms with Crippen LogP contribution in [0.25, 0.3) is 0 Å². The lowest BCUT2D eigenvalue weighted by molar-refractivity contribution is 0.639. The molecule has 0 nitrogen and oxygen atoms in total. The average molecular weight is 238 g/mol. The van der Waals surface area contributed by atoms with Crippen LogP contribution in [0.4, 0.5) is 0 Å². The normalized spacial score (nSPS) is 11.6. The number of aryl methyl sites for hydroxylation is 3. The molecule has 0 N–H and O–H groups in total. The first-order chi connectivity index (χ1) is 8.41. The third kappa shape index (κ3) is 2.33. The van der Waals surface area contributed by atoms with Crippen molar-refractivity contribution < 1.29 is 0 Å². The lowest BCUT2D eigenvalue weighted by Gasteiger charge is -2.27. The van der Waals surface area contributed by atoms with Crippen LogP contribution in [0.15, 0.2) is 42.5 Å². The van der Waals surface area contributed by atoms with Crippen molar-refractivity contribution >= 4 is 0 Å². The molecule has 2 rings (SSSR count). The summed E-state index contributed by atoms with van der Waals surface area (Å²) in [6.07, 6.45) is 0. The van der Waals surface area contributed by atoms with E-state index in [1.165, 1.54) is 27.8 Å². The summed E-state index contributed by atoms with van der Waals surface area (Å²) in [7, 11) is 0. The van der Waals surface area contributed by atoms with E-state index >= 15 is 0 Å². The van der Waals surface area contributed by atoms with E-state index in [0.717, 1.165) is 0 Å². The Balaban J connectivity index is 2.50. The second kappa shape index (κ2) is 4.61. The molecule has 0 heterocycles. The largest absolute Gasteiger partial charge is 0.0617 e. The standard InChI is InChI=1S/C18H22/c1-13-7-6-8-16(11-13)18(4,5)17-10-9-14(2)15(3)12-17/h6-12H,1-5H3. The van der Waals surface area contributed by atoms with Gasteiger partial charge in [-0.2, -0.15) is 0 Å². The van der Waals surface area contributed by atoms with Crippen molar-refractivity contribution in [3.8, 4) is 0 Å². The lowest BCUT2D eigenvalue weighted by Crippen LogP contribution is -2.19. The van der Waals surface area contributed by atoms with Crippen LogP contribution in [0.5, 0.6) is 0 Å². The molecule has 0 radical (unpaired) electrons. The Kier molecular flexibility index (Phi) is 3.30. The SMILES string of the molecule is Cc1cccc(C(C)(C)c2ccc(C)c(C)c2)c1. The molecule has 0 spiro atoms. The molecule has 2 aromatic carbocycles. The maximum atomic E-state index is 2.32. The number of hydrogen-bond donors (Lipinski definition) is 0. The van der Waals surface area contributed by atoms with E-state index in [1.807, 2.05) is 0 Å². The number of rotatable bonds is 2. The summed E-state index contributed by atoms with van der Waals surface area (Å²) < 4.78 is 0. The zero-order chi connectivity index (χ0) is 13.3. The van der Waals surface area contributed by atoms with Crippen molar-refractivity contribution in [2.45, 2.75) is 40.0 Å². The maximum Gasteiger partial charge on any atom is 0.0146 e. The summed E-state index contributed by atoms with van der Waals surface area (Å²) >= 11 is 0. The van der Waals surface area contributed by atoms with Gasteiger partial charge >= 0.3 is 0 Å². The van der Waals surface area contributed by atoms with E-state index in [2.05, 4.69) is 77.1 Å². The molecule has 0 aliphatic rings. The molecule has 94 valence electrons. The Morgan fingerprint density at radius 1 is 0.722 bits per heavy atom. The minimum absolute atomic E-state index is 0.0600. The van der Waals surface area contributed by atoms with Gasteiger partial charge < -0.3 is 0 Å². The molecule has 0 atom stereocenters. The predicted octanol–water partition coefficient (Wildman–Crippen LogP) is 4.94. The fourth-order valence-corrected chi connectivity index (χ4v) is 2.33. The highest BCUT2D eigenvalue weighted by molar-refractivity contribution is 5.42. The van der Waals surface area contributed by atoms with Crippen molar-refractivity contribution in [3.63, 3.8) is 0 Å². The van der Waals surface area contributed by atoms with Gasteiger partial charge in [0.15, 0.2) is 0 Å². The van der Waals surface area contributed by atoms with Gasteiger partial charge in [0.1, 0.15) is 0 Å². The molecule has 0 unspecified atom stereocenters. The van der Waals surface area contributed by atoms with Gasteiger partial charge in [-0.25, -0.2) is 0 Å². The first-order valence-electron chi connectivity index (χ1n) is 6.56. The summed E-state index contributed by atoms with van der Waals surface area (Å²) in [5.41, 5.74) is 6.88. The van der Waals surface area contributed by atoms with Crippen molar-refractivity contribution in [2.75, 3.05) is 0 Å². The molecule has 0 aromatic heterocycles. The quantitative estimate of drug-likeness (QED) is 0.695. The van der Waals surface area contributed by atoms with Gasteiger partial charge in [-0.05, 0) is 43.0 Å². The smallest absolute Gasteiger partial charge is 0.0146 e. The van der Waals surface area contributed by atoms with Gasteiger partial charge in [0.05, 0.1) is 0 Å². The van der Waals surface area contributed by atoms with Gasteiger partial charge in [-0.1, -0.05) is 61.9 Å². The Hall–Kier alpha value is -1.56.